The van der Waals surface area contributed by atoms with Crippen molar-refractivity contribution in [3.63, 3.8) is 0 Å². The third-order valence-electron chi connectivity index (χ3n) is 4.28. The summed E-state index contributed by atoms with van der Waals surface area (Å²) in [6.45, 7) is 5.26. The Balaban J connectivity index is 1.61. The lowest BCUT2D eigenvalue weighted by atomic mass is 10.2. The molecule has 1 aliphatic rings. The Morgan fingerprint density at radius 2 is 1.46 bits per heavy atom. The van der Waals surface area contributed by atoms with Gasteiger partial charge in [0.2, 0.25) is 11.8 Å². The number of rotatable bonds is 8. The quantitative estimate of drug-likeness (QED) is 0.688. The average molecular weight is 332 g/mol. The standard InChI is InChI=1S/C19H28N2O3/c1-2-3-10-18(22)20-12-14-21(15-13-20)19(23)11-7-16-24-17-8-5-4-6-9-17/h4-6,8-9H,2-3,7,10-16H2,1H3. The Hall–Kier alpha value is -2.04. The number of amides is 2. The summed E-state index contributed by atoms with van der Waals surface area (Å²) in [5.41, 5.74) is 0. The molecule has 0 spiro atoms. The SMILES string of the molecule is CCCCC(=O)N1CCN(C(=O)CCCOc2ccccc2)CC1. The van der Waals surface area contributed by atoms with E-state index in [1.807, 2.05) is 40.1 Å². The van der Waals surface area contributed by atoms with Crippen molar-refractivity contribution in [3.8, 4) is 5.75 Å². The summed E-state index contributed by atoms with van der Waals surface area (Å²) in [4.78, 5) is 28.0. The molecule has 0 aromatic heterocycles. The van der Waals surface area contributed by atoms with Crippen LogP contribution in [0.25, 0.3) is 0 Å². The molecule has 1 aromatic carbocycles. The molecular formula is C19H28N2O3. The Labute approximate surface area is 144 Å². The molecular weight excluding hydrogens is 304 g/mol. The number of hydrogen-bond acceptors (Lipinski definition) is 3. The number of para-hydroxylation sites is 1. The molecule has 5 nitrogen and oxygen atoms in total. The summed E-state index contributed by atoms with van der Waals surface area (Å²) < 4.78 is 5.61. The first-order chi connectivity index (χ1) is 11.7. The van der Waals surface area contributed by atoms with E-state index >= 15 is 0 Å². The van der Waals surface area contributed by atoms with E-state index < -0.39 is 0 Å². The Kier molecular flexibility index (Phi) is 7.59. The van der Waals surface area contributed by atoms with Crippen LogP contribution in [0.3, 0.4) is 0 Å². The largest absolute Gasteiger partial charge is 0.494 e. The summed E-state index contributed by atoms with van der Waals surface area (Å²) in [7, 11) is 0. The summed E-state index contributed by atoms with van der Waals surface area (Å²) in [6, 6.07) is 9.64. The zero-order valence-corrected chi connectivity index (χ0v) is 14.6. The molecule has 0 saturated carbocycles. The molecule has 1 fully saturated rings. The molecule has 2 amide bonds. The van der Waals surface area contributed by atoms with Crippen LogP contribution in [0.15, 0.2) is 30.3 Å². The summed E-state index contributed by atoms with van der Waals surface area (Å²) in [5.74, 6) is 1.22. The van der Waals surface area contributed by atoms with Crippen LogP contribution in [-0.4, -0.2) is 54.4 Å². The van der Waals surface area contributed by atoms with Gasteiger partial charge in [0, 0.05) is 39.0 Å². The Morgan fingerprint density at radius 1 is 0.917 bits per heavy atom. The van der Waals surface area contributed by atoms with E-state index in [1.165, 1.54) is 0 Å². The number of benzene rings is 1. The molecule has 0 N–H and O–H groups in total. The van der Waals surface area contributed by atoms with Crippen LogP contribution in [0.1, 0.15) is 39.0 Å². The minimum atomic E-state index is 0.160. The number of carbonyl (C=O) groups excluding carboxylic acids is 2. The molecule has 1 saturated heterocycles. The van der Waals surface area contributed by atoms with Crippen molar-refractivity contribution in [2.24, 2.45) is 0 Å². The van der Waals surface area contributed by atoms with Crippen molar-refractivity contribution in [1.82, 2.24) is 9.80 Å². The highest BCUT2D eigenvalue weighted by Gasteiger charge is 2.23. The third kappa shape index (κ3) is 5.87. The van der Waals surface area contributed by atoms with Gasteiger partial charge in [-0.05, 0) is 25.0 Å². The van der Waals surface area contributed by atoms with Crippen molar-refractivity contribution in [2.45, 2.75) is 39.0 Å². The van der Waals surface area contributed by atoms with Crippen LogP contribution in [0.4, 0.5) is 0 Å². The van der Waals surface area contributed by atoms with E-state index in [0.29, 0.717) is 52.0 Å². The van der Waals surface area contributed by atoms with E-state index in [1.54, 1.807) is 0 Å². The predicted molar refractivity (Wildman–Crippen MR) is 93.9 cm³/mol. The van der Waals surface area contributed by atoms with Crippen LogP contribution in [-0.2, 0) is 9.59 Å². The summed E-state index contributed by atoms with van der Waals surface area (Å²) in [6.07, 6.45) is 3.82. The number of unbranched alkanes of at least 4 members (excludes halogenated alkanes) is 1. The second kappa shape index (κ2) is 9.96. The monoisotopic (exact) mass is 332 g/mol. The van der Waals surface area contributed by atoms with Crippen LogP contribution in [0, 0.1) is 0 Å². The fourth-order valence-corrected chi connectivity index (χ4v) is 2.78. The average Bonchev–Trinajstić information content (AvgIpc) is 2.64. The van der Waals surface area contributed by atoms with E-state index in [-0.39, 0.29) is 11.8 Å². The first-order valence-corrected chi connectivity index (χ1v) is 8.94. The van der Waals surface area contributed by atoms with Crippen LogP contribution < -0.4 is 4.74 Å². The van der Waals surface area contributed by atoms with E-state index in [0.717, 1.165) is 18.6 Å². The van der Waals surface area contributed by atoms with E-state index in [9.17, 15) is 9.59 Å². The highest BCUT2D eigenvalue weighted by Crippen LogP contribution is 2.11. The van der Waals surface area contributed by atoms with Gasteiger partial charge in [0.15, 0.2) is 0 Å². The van der Waals surface area contributed by atoms with Crippen molar-refractivity contribution in [3.05, 3.63) is 30.3 Å². The number of ether oxygens (including phenoxy) is 1. The zero-order valence-electron chi connectivity index (χ0n) is 14.6. The Morgan fingerprint density at radius 3 is 2.00 bits per heavy atom. The van der Waals surface area contributed by atoms with Gasteiger partial charge in [-0.1, -0.05) is 31.5 Å². The van der Waals surface area contributed by atoms with Crippen molar-refractivity contribution >= 4 is 11.8 Å². The fraction of sp³-hybridized carbons (Fsp3) is 0.579. The van der Waals surface area contributed by atoms with Crippen LogP contribution >= 0.6 is 0 Å². The van der Waals surface area contributed by atoms with Crippen LogP contribution in [0.5, 0.6) is 5.75 Å². The predicted octanol–water partition coefficient (Wildman–Crippen LogP) is 2.71. The zero-order chi connectivity index (χ0) is 17.2. The molecule has 24 heavy (non-hydrogen) atoms. The van der Waals surface area contributed by atoms with Gasteiger partial charge in [0.1, 0.15) is 5.75 Å². The number of hydrogen-bond donors (Lipinski definition) is 0. The lowest BCUT2D eigenvalue weighted by Gasteiger charge is -2.35. The number of carbonyl (C=O) groups is 2. The molecule has 0 radical (unpaired) electrons. The first-order valence-electron chi connectivity index (χ1n) is 8.94. The molecule has 0 aliphatic carbocycles. The van der Waals surface area contributed by atoms with Crippen LogP contribution in [0.2, 0.25) is 0 Å². The normalized spacial score (nSPS) is 14.5. The van der Waals surface area contributed by atoms with Gasteiger partial charge in [-0.15, -0.1) is 0 Å². The van der Waals surface area contributed by atoms with Crippen molar-refractivity contribution in [2.75, 3.05) is 32.8 Å². The maximum atomic E-state index is 12.2. The Bertz CT molecular complexity index is 511. The smallest absolute Gasteiger partial charge is 0.222 e. The van der Waals surface area contributed by atoms with E-state index in [2.05, 4.69) is 6.92 Å². The molecule has 2 rings (SSSR count). The molecule has 5 heteroatoms. The third-order valence-corrected chi connectivity index (χ3v) is 4.28. The van der Waals surface area contributed by atoms with Gasteiger partial charge in [-0.3, -0.25) is 9.59 Å². The minimum absolute atomic E-state index is 0.160. The molecule has 0 atom stereocenters. The second-order valence-corrected chi connectivity index (χ2v) is 6.13. The van der Waals surface area contributed by atoms with Crippen molar-refractivity contribution in [1.29, 1.82) is 0 Å². The fourth-order valence-electron chi connectivity index (χ4n) is 2.78. The highest BCUT2D eigenvalue weighted by atomic mass is 16.5. The van der Waals surface area contributed by atoms with Gasteiger partial charge in [0.05, 0.1) is 6.61 Å². The lowest BCUT2D eigenvalue weighted by molar-refractivity contribution is -0.139. The molecule has 0 unspecified atom stereocenters. The summed E-state index contributed by atoms with van der Waals surface area (Å²) >= 11 is 0. The van der Waals surface area contributed by atoms with Crippen molar-refractivity contribution < 1.29 is 14.3 Å². The van der Waals surface area contributed by atoms with Gasteiger partial charge in [0.25, 0.3) is 0 Å². The van der Waals surface area contributed by atoms with E-state index in [4.69, 9.17) is 4.74 Å². The number of piperazine rings is 1. The second-order valence-electron chi connectivity index (χ2n) is 6.13. The van der Waals surface area contributed by atoms with Gasteiger partial charge in [-0.25, -0.2) is 0 Å². The van der Waals surface area contributed by atoms with Gasteiger partial charge < -0.3 is 14.5 Å². The first kappa shape index (κ1) is 18.3. The number of nitrogens with zero attached hydrogens (tertiary/aromatic N) is 2. The minimum Gasteiger partial charge on any atom is -0.494 e. The molecule has 0 bridgehead atoms. The maximum Gasteiger partial charge on any atom is 0.222 e. The maximum absolute atomic E-state index is 12.2. The molecule has 1 aliphatic heterocycles. The van der Waals surface area contributed by atoms with Gasteiger partial charge in [-0.2, -0.15) is 0 Å². The van der Waals surface area contributed by atoms with Gasteiger partial charge >= 0.3 is 0 Å². The molecule has 132 valence electrons. The lowest BCUT2D eigenvalue weighted by Crippen LogP contribution is -2.50. The molecule has 1 heterocycles. The topological polar surface area (TPSA) is 49.9 Å². The summed E-state index contributed by atoms with van der Waals surface area (Å²) in [5, 5.41) is 0. The molecule has 1 aromatic rings. The highest BCUT2D eigenvalue weighted by molar-refractivity contribution is 5.78.